The summed E-state index contributed by atoms with van der Waals surface area (Å²) in [7, 11) is 2.01. The summed E-state index contributed by atoms with van der Waals surface area (Å²) in [6.07, 6.45) is 11.0. The zero-order valence-corrected chi connectivity index (χ0v) is 10.5. The Morgan fingerprint density at radius 2 is 2.06 bits per heavy atom. The van der Waals surface area contributed by atoms with Crippen LogP contribution in [0.4, 0.5) is 0 Å². The van der Waals surface area contributed by atoms with Crippen LogP contribution in [-0.2, 0) is 0 Å². The molecular weight excluding hydrogens is 218 g/mol. The van der Waals surface area contributed by atoms with Crippen molar-refractivity contribution >= 4 is 11.8 Å². The van der Waals surface area contributed by atoms with Crippen LogP contribution in [0.15, 0.2) is 18.7 Å². The first-order valence-electron chi connectivity index (χ1n) is 5.94. The normalized spacial score (nSPS) is 18.8. The van der Waals surface area contributed by atoms with Crippen LogP contribution in [0.2, 0.25) is 0 Å². The van der Waals surface area contributed by atoms with Crippen LogP contribution in [0, 0.1) is 0 Å². The number of hydrogen-bond donors (Lipinski definition) is 1. The summed E-state index contributed by atoms with van der Waals surface area (Å²) < 4.78 is 0. The summed E-state index contributed by atoms with van der Waals surface area (Å²) in [5.41, 5.74) is 1.19. The van der Waals surface area contributed by atoms with Crippen LogP contribution in [0.25, 0.3) is 0 Å². The standard InChI is InChI=1S/C12H19N3S/c1-13-12(10-6-14-9-15-7-10)8-16-11-4-2-3-5-11/h6-7,9,11-13H,2-5,8H2,1H3. The van der Waals surface area contributed by atoms with Gasteiger partial charge in [0.15, 0.2) is 0 Å². The highest BCUT2D eigenvalue weighted by molar-refractivity contribution is 7.99. The van der Waals surface area contributed by atoms with E-state index in [0.717, 1.165) is 11.0 Å². The number of nitrogens with zero attached hydrogens (tertiary/aromatic N) is 2. The molecule has 1 aliphatic rings. The Morgan fingerprint density at radius 1 is 1.38 bits per heavy atom. The Labute approximate surface area is 101 Å². The van der Waals surface area contributed by atoms with Crippen molar-refractivity contribution in [2.75, 3.05) is 12.8 Å². The van der Waals surface area contributed by atoms with Crippen molar-refractivity contribution in [3.8, 4) is 0 Å². The van der Waals surface area contributed by atoms with Gasteiger partial charge in [-0.1, -0.05) is 12.8 Å². The number of rotatable bonds is 5. The first kappa shape index (κ1) is 11.9. The lowest BCUT2D eigenvalue weighted by Crippen LogP contribution is -2.20. The van der Waals surface area contributed by atoms with Gasteiger partial charge >= 0.3 is 0 Å². The summed E-state index contributed by atoms with van der Waals surface area (Å²) in [5, 5.41) is 4.22. The molecule has 0 aromatic carbocycles. The number of aromatic nitrogens is 2. The molecule has 0 radical (unpaired) electrons. The highest BCUT2D eigenvalue weighted by Crippen LogP contribution is 2.31. The van der Waals surface area contributed by atoms with Crippen LogP contribution in [0.3, 0.4) is 0 Å². The van der Waals surface area contributed by atoms with Crippen molar-refractivity contribution in [3.63, 3.8) is 0 Å². The van der Waals surface area contributed by atoms with E-state index in [1.807, 2.05) is 19.4 Å². The van der Waals surface area contributed by atoms with E-state index in [1.54, 1.807) is 6.33 Å². The third-order valence-electron chi connectivity index (χ3n) is 3.13. The molecule has 4 heteroatoms. The van der Waals surface area contributed by atoms with Gasteiger partial charge in [0.05, 0.1) is 0 Å². The molecule has 88 valence electrons. The summed E-state index contributed by atoms with van der Waals surface area (Å²) in [6.45, 7) is 0. The van der Waals surface area contributed by atoms with Crippen LogP contribution in [-0.4, -0.2) is 28.0 Å². The molecule has 1 atom stereocenters. The van der Waals surface area contributed by atoms with Gasteiger partial charge in [-0.15, -0.1) is 0 Å². The van der Waals surface area contributed by atoms with Gasteiger partial charge in [0, 0.05) is 35.0 Å². The molecule has 2 rings (SSSR count). The third-order valence-corrected chi connectivity index (χ3v) is 4.60. The average molecular weight is 237 g/mol. The zero-order chi connectivity index (χ0) is 11.2. The van der Waals surface area contributed by atoms with Gasteiger partial charge in [0.2, 0.25) is 0 Å². The van der Waals surface area contributed by atoms with Gasteiger partial charge in [-0.2, -0.15) is 11.8 Å². The van der Waals surface area contributed by atoms with Crippen molar-refractivity contribution in [2.45, 2.75) is 37.0 Å². The Hall–Kier alpha value is -0.610. The van der Waals surface area contributed by atoms with Crippen molar-refractivity contribution in [2.24, 2.45) is 0 Å². The number of hydrogen-bond acceptors (Lipinski definition) is 4. The van der Waals surface area contributed by atoms with Crippen LogP contribution >= 0.6 is 11.8 Å². The molecule has 1 heterocycles. The summed E-state index contributed by atoms with van der Waals surface area (Å²) in [6, 6.07) is 0.381. The van der Waals surface area contributed by atoms with Gasteiger partial charge in [0.1, 0.15) is 6.33 Å². The Kier molecular flexibility index (Phi) is 4.60. The van der Waals surface area contributed by atoms with Crippen LogP contribution < -0.4 is 5.32 Å². The molecule has 0 bridgehead atoms. The first-order valence-corrected chi connectivity index (χ1v) is 6.99. The first-order chi connectivity index (χ1) is 7.90. The van der Waals surface area contributed by atoms with E-state index in [0.29, 0.717) is 6.04 Å². The van der Waals surface area contributed by atoms with E-state index in [9.17, 15) is 0 Å². The van der Waals surface area contributed by atoms with Gasteiger partial charge < -0.3 is 5.32 Å². The molecule has 0 saturated heterocycles. The van der Waals surface area contributed by atoms with E-state index >= 15 is 0 Å². The lowest BCUT2D eigenvalue weighted by atomic mass is 10.2. The third kappa shape index (κ3) is 3.19. The second-order valence-electron chi connectivity index (χ2n) is 4.25. The highest BCUT2D eigenvalue weighted by atomic mass is 32.2. The summed E-state index contributed by atoms with van der Waals surface area (Å²) in [5.74, 6) is 1.12. The predicted molar refractivity (Wildman–Crippen MR) is 68.5 cm³/mol. The summed E-state index contributed by atoms with van der Waals surface area (Å²) >= 11 is 2.09. The SMILES string of the molecule is CNC(CSC1CCCC1)c1cncnc1. The topological polar surface area (TPSA) is 37.8 Å². The minimum atomic E-state index is 0.381. The molecule has 16 heavy (non-hydrogen) atoms. The Balaban J connectivity index is 1.85. The largest absolute Gasteiger partial charge is 0.312 e. The smallest absolute Gasteiger partial charge is 0.115 e. The highest BCUT2D eigenvalue weighted by Gasteiger charge is 2.18. The molecule has 1 fully saturated rings. The van der Waals surface area contributed by atoms with Gasteiger partial charge in [-0.25, -0.2) is 9.97 Å². The van der Waals surface area contributed by atoms with Gasteiger partial charge in [-0.3, -0.25) is 0 Å². The van der Waals surface area contributed by atoms with E-state index in [4.69, 9.17) is 0 Å². The van der Waals surface area contributed by atoms with Crippen molar-refractivity contribution in [1.29, 1.82) is 0 Å². The maximum atomic E-state index is 4.07. The van der Waals surface area contributed by atoms with E-state index in [-0.39, 0.29) is 0 Å². The summed E-state index contributed by atoms with van der Waals surface area (Å²) in [4.78, 5) is 8.15. The molecule has 0 amide bonds. The molecule has 1 saturated carbocycles. The Morgan fingerprint density at radius 3 is 2.69 bits per heavy atom. The second-order valence-corrected chi connectivity index (χ2v) is 5.59. The monoisotopic (exact) mass is 237 g/mol. The van der Waals surface area contributed by atoms with E-state index < -0.39 is 0 Å². The van der Waals surface area contributed by atoms with Gasteiger partial charge in [-0.05, 0) is 19.9 Å². The maximum Gasteiger partial charge on any atom is 0.115 e. The van der Waals surface area contributed by atoms with Gasteiger partial charge in [0.25, 0.3) is 0 Å². The van der Waals surface area contributed by atoms with Crippen molar-refractivity contribution in [1.82, 2.24) is 15.3 Å². The second kappa shape index (κ2) is 6.21. The van der Waals surface area contributed by atoms with Crippen LogP contribution in [0.5, 0.6) is 0 Å². The van der Waals surface area contributed by atoms with E-state index in [1.165, 1.54) is 31.2 Å². The number of thioether (sulfide) groups is 1. The van der Waals surface area contributed by atoms with Crippen LogP contribution in [0.1, 0.15) is 37.3 Å². The molecule has 1 N–H and O–H groups in total. The van der Waals surface area contributed by atoms with Crippen molar-refractivity contribution < 1.29 is 0 Å². The molecule has 0 spiro atoms. The lowest BCUT2D eigenvalue weighted by molar-refractivity contribution is 0.653. The fraction of sp³-hybridized carbons (Fsp3) is 0.667. The lowest BCUT2D eigenvalue weighted by Gasteiger charge is -2.17. The minimum absolute atomic E-state index is 0.381. The fourth-order valence-corrected chi connectivity index (χ4v) is 3.61. The molecule has 0 aliphatic heterocycles. The predicted octanol–water partition coefficient (Wildman–Crippen LogP) is 2.41. The molecule has 1 aliphatic carbocycles. The fourth-order valence-electron chi connectivity index (χ4n) is 2.12. The molecule has 3 nitrogen and oxygen atoms in total. The quantitative estimate of drug-likeness (QED) is 0.853. The minimum Gasteiger partial charge on any atom is -0.312 e. The molecule has 1 aromatic heterocycles. The number of nitrogens with one attached hydrogen (secondary N) is 1. The molecule has 1 aromatic rings. The Bertz CT molecular complexity index is 298. The molecule has 1 unspecified atom stereocenters. The molecular formula is C12H19N3S. The zero-order valence-electron chi connectivity index (χ0n) is 9.72. The van der Waals surface area contributed by atoms with E-state index in [2.05, 4.69) is 27.0 Å². The maximum absolute atomic E-state index is 4.07. The average Bonchev–Trinajstić information content (AvgIpc) is 2.84. The van der Waals surface area contributed by atoms with Crippen molar-refractivity contribution in [3.05, 3.63) is 24.3 Å².